The molecule has 2 rings (SSSR count). The first-order valence-electron chi connectivity index (χ1n) is 8.70. The summed E-state index contributed by atoms with van der Waals surface area (Å²) >= 11 is 5.98. The molecule has 2 aromatic rings. The molecule has 0 atom stereocenters. The summed E-state index contributed by atoms with van der Waals surface area (Å²) in [6.45, 7) is 1.08. The highest BCUT2D eigenvalue weighted by Gasteiger charge is 2.05. The lowest BCUT2D eigenvalue weighted by atomic mass is 10.1. The molecule has 144 valence electrons. The molecule has 0 radical (unpaired) electrons. The summed E-state index contributed by atoms with van der Waals surface area (Å²) in [7, 11) is 0. The molecule has 0 spiro atoms. The molecule has 27 heavy (non-hydrogen) atoms. The molecule has 0 aliphatic heterocycles. The van der Waals surface area contributed by atoms with E-state index in [1.807, 2.05) is 12.1 Å². The Hall–Kier alpha value is -2.60. The van der Waals surface area contributed by atoms with Crippen LogP contribution in [0, 0.1) is 5.82 Å². The smallest absolute Gasteiger partial charge is 0.224 e. The number of amides is 2. The van der Waals surface area contributed by atoms with Crippen LogP contribution in [0.3, 0.4) is 0 Å². The van der Waals surface area contributed by atoms with E-state index in [0.717, 1.165) is 5.56 Å². The molecule has 0 saturated carbocycles. The molecule has 5 nitrogen and oxygen atoms in total. The van der Waals surface area contributed by atoms with Gasteiger partial charge in [-0.25, -0.2) is 4.39 Å². The molecule has 0 fully saturated rings. The number of ether oxygens (including phenoxy) is 1. The minimum atomic E-state index is -0.334. The molecule has 0 bridgehead atoms. The fraction of sp³-hybridized carbons (Fsp3) is 0.300. The van der Waals surface area contributed by atoms with Crippen LogP contribution in [-0.4, -0.2) is 31.5 Å². The van der Waals surface area contributed by atoms with Gasteiger partial charge in [-0.2, -0.15) is 0 Å². The first kappa shape index (κ1) is 20.7. The number of hydrogen-bond acceptors (Lipinski definition) is 3. The molecule has 0 aliphatic rings. The van der Waals surface area contributed by atoms with Gasteiger partial charge in [0.15, 0.2) is 0 Å². The zero-order chi connectivity index (χ0) is 19.5. The molecule has 0 aromatic heterocycles. The van der Waals surface area contributed by atoms with Crippen LogP contribution in [0.2, 0.25) is 5.02 Å². The van der Waals surface area contributed by atoms with Crippen molar-refractivity contribution in [2.24, 2.45) is 0 Å². The maximum absolute atomic E-state index is 12.8. The molecule has 0 unspecified atom stereocenters. The number of hydrogen-bond donors (Lipinski definition) is 2. The third kappa shape index (κ3) is 8.09. The van der Waals surface area contributed by atoms with Crippen molar-refractivity contribution in [1.29, 1.82) is 0 Å². The Morgan fingerprint density at radius 1 is 0.963 bits per heavy atom. The van der Waals surface area contributed by atoms with Crippen LogP contribution in [0.4, 0.5) is 4.39 Å². The predicted molar refractivity (Wildman–Crippen MR) is 102 cm³/mol. The summed E-state index contributed by atoms with van der Waals surface area (Å²) in [6.07, 6.45) is 1.07. The number of carbonyl (C=O) groups excluding carboxylic acids is 2. The fourth-order valence-corrected chi connectivity index (χ4v) is 2.51. The normalized spacial score (nSPS) is 10.3. The Morgan fingerprint density at radius 2 is 1.63 bits per heavy atom. The van der Waals surface area contributed by atoms with E-state index in [2.05, 4.69) is 10.6 Å². The molecule has 7 heteroatoms. The molecule has 0 aliphatic carbocycles. The van der Waals surface area contributed by atoms with E-state index >= 15 is 0 Å². The van der Waals surface area contributed by atoms with E-state index in [-0.39, 0.29) is 24.1 Å². The lowest BCUT2D eigenvalue weighted by molar-refractivity contribution is -0.122. The Bertz CT molecular complexity index is 753. The molecule has 2 N–H and O–H groups in total. The highest BCUT2D eigenvalue weighted by Crippen LogP contribution is 2.23. The van der Waals surface area contributed by atoms with Crippen LogP contribution < -0.4 is 15.4 Å². The van der Waals surface area contributed by atoms with Crippen molar-refractivity contribution in [3.05, 3.63) is 64.9 Å². The van der Waals surface area contributed by atoms with Gasteiger partial charge in [0.1, 0.15) is 11.6 Å². The van der Waals surface area contributed by atoms with Crippen LogP contribution in [0.1, 0.15) is 18.4 Å². The minimum absolute atomic E-state index is 0.106. The second-order valence-corrected chi connectivity index (χ2v) is 6.29. The fourth-order valence-electron chi connectivity index (χ4n) is 2.32. The first-order chi connectivity index (χ1) is 13.0. The van der Waals surface area contributed by atoms with Gasteiger partial charge in [0.05, 0.1) is 18.1 Å². The average Bonchev–Trinajstić information content (AvgIpc) is 2.65. The van der Waals surface area contributed by atoms with E-state index < -0.39 is 0 Å². The highest BCUT2D eigenvalue weighted by molar-refractivity contribution is 6.32. The van der Waals surface area contributed by atoms with Crippen LogP contribution >= 0.6 is 11.6 Å². The summed E-state index contributed by atoms with van der Waals surface area (Å²) in [5.74, 6) is -0.0166. The van der Waals surface area contributed by atoms with Gasteiger partial charge in [-0.1, -0.05) is 35.9 Å². The van der Waals surface area contributed by atoms with Crippen molar-refractivity contribution in [3.8, 4) is 5.75 Å². The maximum atomic E-state index is 12.8. The highest BCUT2D eigenvalue weighted by atomic mass is 35.5. The zero-order valence-electron chi connectivity index (χ0n) is 14.8. The van der Waals surface area contributed by atoms with E-state index in [9.17, 15) is 14.0 Å². The van der Waals surface area contributed by atoms with Gasteiger partial charge >= 0.3 is 0 Å². The summed E-state index contributed by atoms with van der Waals surface area (Å²) in [4.78, 5) is 23.5. The third-order valence-electron chi connectivity index (χ3n) is 3.69. The van der Waals surface area contributed by atoms with Crippen molar-refractivity contribution in [2.75, 3.05) is 19.7 Å². The summed E-state index contributed by atoms with van der Waals surface area (Å²) in [5.41, 5.74) is 0.733. The van der Waals surface area contributed by atoms with Crippen molar-refractivity contribution in [2.45, 2.75) is 19.3 Å². The summed E-state index contributed by atoms with van der Waals surface area (Å²) < 4.78 is 18.3. The Morgan fingerprint density at radius 3 is 2.33 bits per heavy atom. The van der Waals surface area contributed by atoms with Crippen LogP contribution in [-0.2, 0) is 16.0 Å². The number of carbonyl (C=O) groups is 2. The maximum Gasteiger partial charge on any atom is 0.224 e. The van der Waals surface area contributed by atoms with E-state index in [1.165, 1.54) is 12.1 Å². The second kappa shape index (κ2) is 11.2. The summed E-state index contributed by atoms with van der Waals surface area (Å²) in [6, 6.07) is 12.9. The largest absolute Gasteiger partial charge is 0.492 e. The number of para-hydroxylation sites is 1. The molecule has 2 amide bonds. The molecule has 2 aromatic carbocycles. The molecule has 0 saturated heterocycles. The van der Waals surface area contributed by atoms with Crippen molar-refractivity contribution in [1.82, 2.24) is 10.6 Å². The van der Waals surface area contributed by atoms with E-state index in [1.54, 1.807) is 24.3 Å². The quantitative estimate of drug-likeness (QED) is 0.610. The lowest BCUT2D eigenvalue weighted by Crippen LogP contribution is -2.35. The van der Waals surface area contributed by atoms with Crippen molar-refractivity contribution in [3.63, 3.8) is 0 Å². The van der Waals surface area contributed by atoms with Gasteiger partial charge < -0.3 is 15.4 Å². The zero-order valence-corrected chi connectivity index (χ0v) is 15.6. The topological polar surface area (TPSA) is 67.4 Å². The Kier molecular flexibility index (Phi) is 8.58. The number of benzene rings is 2. The van der Waals surface area contributed by atoms with Gasteiger partial charge in [0.2, 0.25) is 11.8 Å². The predicted octanol–water partition coefficient (Wildman–Crippen LogP) is 3.11. The van der Waals surface area contributed by atoms with Crippen LogP contribution in [0.25, 0.3) is 0 Å². The minimum Gasteiger partial charge on any atom is -0.492 e. The SMILES string of the molecule is O=C(CCCOc1ccccc1Cl)NCCNC(=O)Cc1ccc(F)cc1. The second-order valence-electron chi connectivity index (χ2n) is 5.89. The lowest BCUT2D eigenvalue weighted by Gasteiger charge is -2.09. The Labute approximate surface area is 162 Å². The molecular weight excluding hydrogens is 371 g/mol. The number of nitrogens with one attached hydrogen (secondary N) is 2. The summed E-state index contributed by atoms with van der Waals surface area (Å²) in [5, 5.41) is 5.98. The standard InChI is InChI=1S/C20H22ClFN2O3/c21-17-4-1-2-5-18(17)27-13-3-6-19(25)23-11-12-24-20(26)14-15-7-9-16(22)10-8-15/h1-2,4-5,7-10H,3,6,11-14H2,(H,23,25)(H,24,26). The van der Waals surface area contributed by atoms with Gasteiger partial charge in [0, 0.05) is 19.5 Å². The van der Waals surface area contributed by atoms with Crippen LogP contribution in [0.5, 0.6) is 5.75 Å². The monoisotopic (exact) mass is 392 g/mol. The van der Waals surface area contributed by atoms with E-state index in [0.29, 0.717) is 43.3 Å². The van der Waals surface area contributed by atoms with E-state index in [4.69, 9.17) is 16.3 Å². The van der Waals surface area contributed by atoms with Gasteiger partial charge in [-0.3, -0.25) is 9.59 Å². The van der Waals surface area contributed by atoms with Gasteiger partial charge in [-0.15, -0.1) is 0 Å². The van der Waals surface area contributed by atoms with Gasteiger partial charge in [0.25, 0.3) is 0 Å². The third-order valence-corrected chi connectivity index (χ3v) is 4.00. The van der Waals surface area contributed by atoms with Crippen molar-refractivity contribution < 1.29 is 18.7 Å². The number of rotatable bonds is 10. The van der Waals surface area contributed by atoms with Crippen molar-refractivity contribution >= 4 is 23.4 Å². The molecular formula is C20H22ClFN2O3. The van der Waals surface area contributed by atoms with Gasteiger partial charge in [-0.05, 0) is 36.2 Å². The number of halogens is 2. The Balaban J connectivity index is 1.52. The average molecular weight is 393 g/mol. The first-order valence-corrected chi connectivity index (χ1v) is 9.07. The van der Waals surface area contributed by atoms with Crippen LogP contribution in [0.15, 0.2) is 48.5 Å². The molecule has 0 heterocycles.